The molecule has 0 unspecified atom stereocenters. The second kappa shape index (κ2) is 59.2. The van der Waals surface area contributed by atoms with Gasteiger partial charge in [0.25, 0.3) is 0 Å². The van der Waals surface area contributed by atoms with Gasteiger partial charge in [-0.1, -0.05) is 18.2 Å². The number of para-hydroxylation sites is 1. The number of benzene rings is 1. The van der Waals surface area contributed by atoms with Crippen LogP contribution >= 0.6 is 50.5 Å². The first-order valence-corrected chi connectivity index (χ1v) is 43.8. The van der Waals surface area contributed by atoms with Crippen molar-refractivity contribution in [1.29, 1.82) is 16.2 Å². The maximum absolute atomic E-state index is 14.3. The van der Waals surface area contributed by atoms with Gasteiger partial charge in [-0.3, -0.25) is 117 Å². The van der Waals surface area contributed by atoms with Crippen LogP contribution < -0.4 is 129 Å². The third-order valence-corrected chi connectivity index (χ3v) is 20.8. The molecule has 734 valence electrons. The first-order valence-electron chi connectivity index (χ1n) is 41.3. The van der Waals surface area contributed by atoms with E-state index in [2.05, 4.69) is 162 Å². The lowest BCUT2D eigenvalue weighted by atomic mass is 10.0. The molecule has 52 nitrogen and oxygen atoms in total. The lowest BCUT2D eigenvalue weighted by Crippen LogP contribution is -2.61. The van der Waals surface area contributed by atoms with E-state index in [1.165, 1.54) is 41.5 Å². The summed E-state index contributed by atoms with van der Waals surface area (Å²) in [7, 11) is 0. The molecule has 17 atom stereocenters. The van der Waals surface area contributed by atoms with Crippen LogP contribution in [0.5, 0.6) is 0 Å². The molecule has 2 rings (SSSR count). The Balaban J connectivity index is 2.28. The molecule has 0 spiro atoms. The van der Waals surface area contributed by atoms with Crippen molar-refractivity contribution in [2.24, 2.45) is 22.9 Å². The minimum Gasteiger partial charge on any atom is -0.481 e. The standard InChI is InChI=1S/C76H122N28O24S4/c1-33(57(77)112)88-63(118)43(15-10-24-84-74(78)79)95-61(116)37(5)93-70(125)50(29-129)103-73(128)53(32-132)102-68(123)48(20-23-56(110)111)99-67(122)45(17-12-26-86-76(82)83)97-71(126)52(31-131)104-72(127)51(30-130)101-62(117)38(6)92-64(119)46(18-21-54(106)107)98-66(121)44(16-11-25-85-75(80)81)96-60(115)36(4)90-58(113)34(2)89-59(114)35(3)91-65(120)47(19-22-55(108)109)100-69(124)49(94-39(7)105)27-40-28-87-42-14-9-8-13-41(40)42/h8-9,13-14,28,33-38,43-53,87,129-132H,10-12,15-27,29-32H2,1-7H3,(H2,77,112)(H,88,118)(H,89,114)(H,90,113)(H,91,120)(H,92,119)(H,93,125)(H,94,105)(H,95,116)(H,96,115)(H,97,126)(H,98,121)(H,99,122)(H,100,124)(H,101,117)(H,102,123)(H,103,128)(H,104,127)(H,106,107)(H,108,109)(H,110,111)(H4,78,79,84)(H4,80,81,85)(H4,82,83,86)/t33-,34-,35-,36-,37-,38-,43-,44-,45-,46-,47-,48-,49-,50-,51-,52-,53-/m0/s1. The molecule has 0 saturated heterocycles. The monoisotopic (exact) mass is 1940 g/mol. The molecule has 18 amide bonds. The number of hydrogen-bond donors (Lipinski definition) is 35. The number of hydrogen-bond acceptors (Lipinski definition) is 28. The van der Waals surface area contributed by atoms with E-state index in [0.717, 1.165) is 17.8 Å². The van der Waals surface area contributed by atoms with Gasteiger partial charge in [0.1, 0.15) is 103 Å². The zero-order chi connectivity index (χ0) is 99.9. The number of carbonyl (C=O) groups is 21. The molecule has 1 aromatic carbocycles. The van der Waals surface area contributed by atoms with Crippen LogP contribution in [-0.2, 0) is 107 Å². The highest BCUT2D eigenvalue weighted by molar-refractivity contribution is 7.80. The number of rotatable bonds is 61. The van der Waals surface area contributed by atoms with Gasteiger partial charge in [-0.15, -0.1) is 0 Å². The highest BCUT2D eigenvalue weighted by atomic mass is 32.1. The summed E-state index contributed by atoms with van der Waals surface area (Å²) in [4.78, 5) is 283. The zero-order valence-electron chi connectivity index (χ0n) is 73.4. The van der Waals surface area contributed by atoms with Gasteiger partial charge in [0, 0.05) is 92.4 Å². The van der Waals surface area contributed by atoms with Crippen LogP contribution in [0.3, 0.4) is 0 Å². The number of thiol groups is 4. The van der Waals surface area contributed by atoms with E-state index >= 15 is 0 Å². The molecular weight excluding hydrogens is 1820 g/mol. The summed E-state index contributed by atoms with van der Waals surface area (Å²) in [6.07, 6.45) is -2.94. The molecular formula is C76H122N28O24S4. The van der Waals surface area contributed by atoms with Crippen molar-refractivity contribution in [3.8, 4) is 0 Å². The number of carboxylic acids is 3. The topological polar surface area (TPSA) is 851 Å². The summed E-state index contributed by atoms with van der Waals surface area (Å²) < 4.78 is 0. The number of aromatic nitrogens is 1. The maximum atomic E-state index is 14.3. The normalized spacial score (nSPS) is 14.8. The number of carbonyl (C=O) groups excluding carboxylic acids is 18. The largest absolute Gasteiger partial charge is 0.481 e. The Kier molecular flexibility index (Phi) is 51.5. The fourth-order valence-electron chi connectivity index (χ4n) is 11.9. The zero-order valence-corrected chi connectivity index (χ0v) is 76.9. The van der Waals surface area contributed by atoms with Gasteiger partial charge < -0.3 is 150 Å². The SMILES string of the molecule is CC(=O)N[C@@H](Cc1c[nH]c2ccccc12)C(=O)N[C@@H](CCC(=O)O)C(=O)N[C@@H](C)C(=O)N[C@@H](C)C(=O)N[C@@H](C)C(=O)N[C@@H](CCCNC(=N)N)C(=O)N[C@@H](CCC(=O)O)C(=O)N[C@@H](C)C(=O)N[C@@H](CS)C(=O)N[C@@H](CS)C(=O)N[C@@H](CCCNC(=N)N)C(=O)N[C@@H](CCC(=O)O)C(=O)N[C@@H](CS)C(=O)N[C@@H](CS)C(=O)N[C@@H](C)C(=O)N[C@@H](CCCNC(=N)N)C(=O)N[C@@H](C)C(N)=O. The van der Waals surface area contributed by atoms with Gasteiger partial charge in [0.15, 0.2) is 17.9 Å². The highest BCUT2D eigenvalue weighted by Gasteiger charge is 2.38. The minimum atomic E-state index is -1.81. The van der Waals surface area contributed by atoms with Crippen LogP contribution in [0.2, 0.25) is 0 Å². The predicted octanol–water partition coefficient (Wildman–Crippen LogP) is -10.3. The fraction of sp³-hybridized carbons (Fsp3) is 0.579. The van der Waals surface area contributed by atoms with E-state index in [1.807, 2.05) is 0 Å². The summed E-state index contributed by atoms with van der Waals surface area (Å²) in [6.45, 7) is 8.34. The number of carboxylic acid groups (broad SMARTS) is 3. The summed E-state index contributed by atoms with van der Waals surface area (Å²) >= 11 is 16.7. The van der Waals surface area contributed by atoms with Crippen LogP contribution in [0.15, 0.2) is 30.5 Å². The van der Waals surface area contributed by atoms with Crippen molar-refractivity contribution in [1.82, 2.24) is 111 Å². The van der Waals surface area contributed by atoms with E-state index in [-0.39, 0.29) is 70.5 Å². The fourth-order valence-corrected chi connectivity index (χ4v) is 12.9. The molecule has 2 aromatic rings. The number of nitrogens with one attached hydrogen (secondary N) is 24. The first kappa shape index (κ1) is 115. The number of guanidine groups is 3. The number of H-pyrrole nitrogens is 1. The van der Waals surface area contributed by atoms with E-state index in [0.29, 0.717) is 5.56 Å². The van der Waals surface area contributed by atoms with Crippen molar-refractivity contribution >= 4 is 204 Å². The van der Waals surface area contributed by atoms with Crippen LogP contribution in [0.4, 0.5) is 0 Å². The van der Waals surface area contributed by atoms with Crippen molar-refractivity contribution in [2.45, 2.75) is 235 Å². The molecule has 1 aromatic heterocycles. The van der Waals surface area contributed by atoms with Gasteiger partial charge in [-0.25, -0.2) is 0 Å². The number of amides is 18. The van der Waals surface area contributed by atoms with Gasteiger partial charge in [-0.2, -0.15) is 50.5 Å². The van der Waals surface area contributed by atoms with Crippen molar-refractivity contribution in [3.63, 3.8) is 0 Å². The average molecular weight is 1940 g/mol. The van der Waals surface area contributed by atoms with Crippen molar-refractivity contribution < 1.29 is 116 Å². The Morgan fingerprint density at radius 3 is 0.826 bits per heavy atom. The maximum Gasteiger partial charge on any atom is 0.303 e. The minimum absolute atomic E-state index is 0.0239. The highest BCUT2D eigenvalue weighted by Crippen LogP contribution is 2.20. The predicted molar refractivity (Wildman–Crippen MR) is 487 cm³/mol. The summed E-state index contributed by atoms with van der Waals surface area (Å²) in [5.41, 5.74) is 22.8. The van der Waals surface area contributed by atoms with Crippen molar-refractivity contribution in [3.05, 3.63) is 36.0 Å². The quantitative estimate of drug-likeness (QED) is 0.0127. The van der Waals surface area contributed by atoms with Crippen LogP contribution in [0.25, 0.3) is 10.9 Å². The van der Waals surface area contributed by atoms with Crippen molar-refractivity contribution in [2.75, 3.05) is 42.6 Å². The van der Waals surface area contributed by atoms with Gasteiger partial charge >= 0.3 is 17.9 Å². The van der Waals surface area contributed by atoms with E-state index in [1.54, 1.807) is 30.5 Å². The van der Waals surface area contributed by atoms with E-state index in [9.17, 15) is 116 Å². The summed E-state index contributed by atoms with van der Waals surface area (Å²) in [5.74, 6) is -25.8. The molecule has 0 saturated carbocycles. The third-order valence-electron chi connectivity index (χ3n) is 19.3. The molecule has 1 heterocycles. The summed E-state index contributed by atoms with van der Waals surface area (Å²) in [5, 5.41) is 100. The molecule has 56 heteroatoms. The number of fused-ring (bicyclic) bond motifs is 1. The molecule has 35 N–H and O–H groups in total. The Morgan fingerprint density at radius 2 is 0.545 bits per heavy atom. The number of nitrogens with two attached hydrogens (primary N) is 4. The second-order valence-corrected chi connectivity index (χ2v) is 31.6. The Bertz CT molecular complexity index is 4460. The van der Waals surface area contributed by atoms with Gasteiger partial charge in [0.05, 0.1) is 0 Å². The van der Waals surface area contributed by atoms with Gasteiger partial charge in [0.2, 0.25) is 106 Å². The average Bonchev–Trinajstić information content (AvgIpc) is 1.67. The number of primary amides is 1. The Morgan fingerprint density at radius 1 is 0.318 bits per heavy atom. The van der Waals surface area contributed by atoms with Crippen LogP contribution in [-0.4, -0.2) is 308 Å². The lowest BCUT2D eigenvalue weighted by molar-refractivity contribution is -0.139. The van der Waals surface area contributed by atoms with E-state index in [4.69, 9.17) is 39.2 Å². The van der Waals surface area contributed by atoms with Gasteiger partial charge in [-0.05, 0) is 111 Å². The lowest BCUT2D eigenvalue weighted by Gasteiger charge is -2.27. The Labute approximate surface area is 779 Å². The van der Waals surface area contributed by atoms with E-state index < -0.39 is 300 Å². The molecule has 0 fully saturated rings. The first-order chi connectivity index (χ1) is 62.0. The number of aliphatic carboxylic acids is 3. The summed E-state index contributed by atoms with van der Waals surface area (Å²) in [6, 6.07) is -19.0. The smallest absolute Gasteiger partial charge is 0.303 e. The molecule has 0 aliphatic heterocycles. The molecule has 132 heavy (non-hydrogen) atoms. The third kappa shape index (κ3) is 43.0. The second-order valence-electron chi connectivity index (χ2n) is 30.2. The Hall–Kier alpha value is -13.2. The van der Waals surface area contributed by atoms with Crippen LogP contribution in [0, 0.1) is 16.2 Å². The molecule has 0 radical (unpaired) electrons. The molecule has 0 bridgehead atoms. The number of aromatic amines is 1. The molecule has 0 aliphatic rings. The molecule has 0 aliphatic carbocycles. The van der Waals surface area contributed by atoms with Crippen LogP contribution in [0.1, 0.15) is 131 Å².